The Kier molecular flexibility index (Phi) is 8.39. The van der Waals surface area contributed by atoms with E-state index >= 15 is 0 Å². The van der Waals surface area contributed by atoms with Gasteiger partial charge in [0.2, 0.25) is 0 Å². The van der Waals surface area contributed by atoms with Crippen LogP contribution in [0.15, 0.2) is 72.8 Å². The number of nitrogens with one attached hydrogen (secondary N) is 1. The predicted molar refractivity (Wildman–Crippen MR) is 162 cm³/mol. The SMILES string of the molecule is COc1ccc(/C=C2\CC(C(C)(C)C)Cc3c2nc2ccccc2c3C(=O)OCC(=O)NCc2ccc(F)cc2)cc1. The molecule has 5 rings (SSSR count). The summed E-state index contributed by atoms with van der Waals surface area (Å²) < 4.78 is 24.1. The number of fused-ring (bicyclic) bond motifs is 2. The summed E-state index contributed by atoms with van der Waals surface area (Å²) >= 11 is 0. The number of rotatable bonds is 7. The maximum absolute atomic E-state index is 13.7. The van der Waals surface area contributed by atoms with Crippen molar-refractivity contribution in [3.05, 3.63) is 107 Å². The number of benzene rings is 3. The fourth-order valence-corrected chi connectivity index (χ4v) is 5.33. The molecular weight excluding hydrogens is 531 g/mol. The highest BCUT2D eigenvalue weighted by Gasteiger charge is 2.35. The highest BCUT2D eigenvalue weighted by atomic mass is 19.1. The molecule has 6 nitrogen and oxygen atoms in total. The average molecular weight is 567 g/mol. The number of halogens is 1. The molecule has 1 unspecified atom stereocenters. The molecular formula is C35H35FN2O4. The second-order valence-electron chi connectivity index (χ2n) is 11.7. The molecule has 216 valence electrons. The maximum atomic E-state index is 13.7. The predicted octanol–water partition coefficient (Wildman–Crippen LogP) is 7.00. The van der Waals surface area contributed by atoms with Crippen LogP contribution in [0.1, 0.15) is 59.9 Å². The van der Waals surface area contributed by atoms with Crippen LogP contribution in [-0.4, -0.2) is 30.6 Å². The van der Waals surface area contributed by atoms with Crippen molar-refractivity contribution in [2.45, 2.75) is 40.2 Å². The number of methoxy groups -OCH3 is 1. The summed E-state index contributed by atoms with van der Waals surface area (Å²) in [5, 5.41) is 3.43. The molecule has 0 fully saturated rings. The van der Waals surface area contributed by atoms with E-state index in [9.17, 15) is 14.0 Å². The van der Waals surface area contributed by atoms with Crippen molar-refractivity contribution in [3.63, 3.8) is 0 Å². The molecule has 1 aliphatic rings. The van der Waals surface area contributed by atoms with Gasteiger partial charge in [0.25, 0.3) is 5.91 Å². The van der Waals surface area contributed by atoms with Crippen LogP contribution in [-0.2, 0) is 22.5 Å². The molecule has 0 spiro atoms. The smallest absolute Gasteiger partial charge is 0.339 e. The van der Waals surface area contributed by atoms with E-state index in [2.05, 4.69) is 32.2 Å². The minimum atomic E-state index is -0.555. The quantitative estimate of drug-likeness (QED) is 0.244. The molecule has 7 heteroatoms. The first-order valence-corrected chi connectivity index (χ1v) is 14.1. The van der Waals surface area contributed by atoms with E-state index in [0.29, 0.717) is 22.9 Å². The van der Waals surface area contributed by atoms with E-state index in [-0.39, 0.29) is 23.7 Å². The van der Waals surface area contributed by atoms with Gasteiger partial charge in [0.05, 0.1) is 23.9 Å². The van der Waals surface area contributed by atoms with Gasteiger partial charge < -0.3 is 14.8 Å². The number of pyridine rings is 1. The van der Waals surface area contributed by atoms with Gasteiger partial charge in [-0.3, -0.25) is 4.79 Å². The molecule has 0 bridgehead atoms. The third-order valence-corrected chi connectivity index (χ3v) is 7.84. The van der Waals surface area contributed by atoms with Crippen LogP contribution in [0.3, 0.4) is 0 Å². The monoisotopic (exact) mass is 566 g/mol. The van der Waals surface area contributed by atoms with Crippen molar-refractivity contribution < 1.29 is 23.5 Å². The molecule has 1 heterocycles. The van der Waals surface area contributed by atoms with Gasteiger partial charge in [-0.1, -0.05) is 63.2 Å². The van der Waals surface area contributed by atoms with Gasteiger partial charge in [0, 0.05) is 11.9 Å². The summed E-state index contributed by atoms with van der Waals surface area (Å²) in [5.74, 6) is -0.303. The minimum Gasteiger partial charge on any atom is -0.497 e. The van der Waals surface area contributed by atoms with Crippen LogP contribution in [0, 0.1) is 17.2 Å². The lowest BCUT2D eigenvalue weighted by molar-refractivity contribution is -0.124. The molecule has 1 N–H and O–H groups in total. The molecule has 0 radical (unpaired) electrons. The van der Waals surface area contributed by atoms with Gasteiger partial charge in [-0.15, -0.1) is 0 Å². The van der Waals surface area contributed by atoms with Crippen molar-refractivity contribution >= 4 is 34.4 Å². The highest BCUT2D eigenvalue weighted by molar-refractivity contribution is 6.07. The van der Waals surface area contributed by atoms with Gasteiger partial charge in [-0.2, -0.15) is 0 Å². The molecule has 1 amide bonds. The lowest BCUT2D eigenvalue weighted by Crippen LogP contribution is -2.30. The first-order chi connectivity index (χ1) is 20.1. The zero-order chi connectivity index (χ0) is 29.9. The minimum absolute atomic E-state index is 0.0241. The lowest BCUT2D eigenvalue weighted by atomic mass is 9.69. The lowest BCUT2D eigenvalue weighted by Gasteiger charge is -2.36. The van der Waals surface area contributed by atoms with Crippen molar-refractivity contribution in [1.82, 2.24) is 10.3 Å². The van der Waals surface area contributed by atoms with Crippen LogP contribution in [0.25, 0.3) is 22.6 Å². The first-order valence-electron chi connectivity index (χ1n) is 14.1. The molecule has 0 saturated heterocycles. The molecule has 0 saturated carbocycles. The number of hydrogen-bond donors (Lipinski definition) is 1. The van der Waals surface area contributed by atoms with Crippen LogP contribution in [0.2, 0.25) is 0 Å². The summed E-state index contributed by atoms with van der Waals surface area (Å²) in [4.78, 5) is 31.3. The topological polar surface area (TPSA) is 77.5 Å². The number of para-hydroxylation sites is 1. The van der Waals surface area contributed by atoms with E-state index in [0.717, 1.165) is 40.1 Å². The third kappa shape index (κ3) is 6.51. The van der Waals surface area contributed by atoms with Crippen molar-refractivity contribution in [2.75, 3.05) is 13.7 Å². The van der Waals surface area contributed by atoms with Crippen LogP contribution in [0.5, 0.6) is 5.75 Å². The molecule has 1 aliphatic carbocycles. The zero-order valence-corrected chi connectivity index (χ0v) is 24.4. The van der Waals surface area contributed by atoms with E-state index in [4.69, 9.17) is 14.5 Å². The number of allylic oxidation sites excluding steroid dienone is 1. The van der Waals surface area contributed by atoms with Gasteiger partial charge in [-0.05, 0) is 82.8 Å². The molecule has 42 heavy (non-hydrogen) atoms. The molecule has 1 aromatic heterocycles. The number of hydrogen-bond acceptors (Lipinski definition) is 5. The zero-order valence-electron chi connectivity index (χ0n) is 24.4. The largest absolute Gasteiger partial charge is 0.497 e. The normalized spacial score (nSPS) is 15.7. The number of ether oxygens (including phenoxy) is 2. The summed E-state index contributed by atoms with van der Waals surface area (Å²) in [5.41, 5.74) is 5.57. The summed E-state index contributed by atoms with van der Waals surface area (Å²) in [7, 11) is 1.64. The van der Waals surface area contributed by atoms with Crippen molar-refractivity contribution in [2.24, 2.45) is 11.3 Å². The van der Waals surface area contributed by atoms with Crippen LogP contribution >= 0.6 is 0 Å². The van der Waals surface area contributed by atoms with E-state index in [1.54, 1.807) is 19.2 Å². The molecule has 1 atom stereocenters. The molecule has 3 aromatic carbocycles. The van der Waals surface area contributed by atoms with Gasteiger partial charge in [-0.25, -0.2) is 14.2 Å². The second-order valence-corrected chi connectivity index (χ2v) is 11.7. The fourth-order valence-electron chi connectivity index (χ4n) is 5.33. The van der Waals surface area contributed by atoms with Crippen molar-refractivity contribution in [3.8, 4) is 5.75 Å². The Morgan fingerprint density at radius 2 is 1.71 bits per heavy atom. The Balaban J connectivity index is 1.48. The van der Waals surface area contributed by atoms with E-state index in [1.165, 1.54) is 12.1 Å². The van der Waals surface area contributed by atoms with Gasteiger partial charge in [0.15, 0.2) is 6.61 Å². The Morgan fingerprint density at radius 1 is 1.00 bits per heavy atom. The second kappa shape index (κ2) is 12.1. The summed E-state index contributed by atoms with van der Waals surface area (Å²) in [6, 6.07) is 21.3. The highest BCUT2D eigenvalue weighted by Crippen LogP contribution is 2.45. The summed E-state index contributed by atoms with van der Waals surface area (Å²) in [6.07, 6.45) is 3.61. The number of esters is 1. The summed E-state index contributed by atoms with van der Waals surface area (Å²) in [6.45, 7) is 6.42. The van der Waals surface area contributed by atoms with Gasteiger partial charge in [0.1, 0.15) is 11.6 Å². The molecule has 4 aromatic rings. The number of nitrogens with zero attached hydrogens (tertiary/aromatic N) is 1. The molecule has 0 aliphatic heterocycles. The number of carbonyl (C=O) groups is 2. The van der Waals surface area contributed by atoms with Gasteiger partial charge >= 0.3 is 5.97 Å². The van der Waals surface area contributed by atoms with Crippen LogP contribution in [0.4, 0.5) is 4.39 Å². The number of aromatic nitrogens is 1. The Labute approximate surface area is 245 Å². The van der Waals surface area contributed by atoms with Crippen LogP contribution < -0.4 is 10.1 Å². The fraction of sp³-hybridized carbons (Fsp3) is 0.286. The Morgan fingerprint density at radius 3 is 2.40 bits per heavy atom. The third-order valence-electron chi connectivity index (χ3n) is 7.84. The Bertz CT molecular complexity index is 1640. The number of amides is 1. The van der Waals surface area contributed by atoms with E-state index < -0.39 is 18.5 Å². The average Bonchev–Trinajstić information content (AvgIpc) is 2.98. The standard InChI is InChI=1S/C35H35FN2O4/c1-35(2,3)25-18-24(17-22-11-15-27(41-4)16-12-22)33-29(19-25)32(28-7-5-6-8-30(28)38-33)34(40)42-21-31(39)37-20-23-9-13-26(36)14-10-23/h5-17,25H,18-21H2,1-4H3,(H,37,39)/b24-17+. The van der Waals surface area contributed by atoms with E-state index in [1.807, 2.05) is 48.5 Å². The Hall–Kier alpha value is -4.52. The number of carbonyl (C=O) groups excluding carboxylic acids is 2. The van der Waals surface area contributed by atoms with Crippen molar-refractivity contribution in [1.29, 1.82) is 0 Å². The first kappa shape index (κ1) is 29.0. The maximum Gasteiger partial charge on any atom is 0.339 e.